The van der Waals surface area contributed by atoms with E-state index in [0.29, 0.717) is 16.1 Å². The smallest absolute Gasteiger partial charge is 0.321 e. The van der Waals surface area contributed by atoms with Gasteiger partial charge < -0.3 is 21.1 Å². The number of H-pyrrole nitrogens is 1. The summed E-state index contributed by atoms with van der Waals surface area (Å²) in [6.07, 6.45) is 1.44. The molecule has 4 aromatic rings. The number of urea groups is 1. The minimum atomic E-state index is -2.01. The second kappa shape index (κ2) is 8.21. The highest BCUT2D eigenvalue weighted by molar-refractivity contribution is 6.30. The van der Waals surface area contributed by atoms with Gasteiger partial charge in [-0.2, -0.15) is 0 Å². The van der Waals surface area contributed by atoms with Crippen molar-refractivity contribution in [3.63, 3.8) is 0 Å². The lowest BCUT2D eigenvalue weighted by Crippen LogP contribution is -2.70. The molecule has 1 atom stereocenters. The molecule has 0 fully saturated rings. The van der Waals surface area contributed by atoms with Crippen molar-refractivity contribution in [3.05, 3.63) is 82.5 Å². The molecular weight excluding hydrogens is 486 g/mol. The van der Waals surface area contributed by atoms with E-state index in [2.05, 4.69) is 10.3 Å². The fourth-order valence-corrected chi connectivity index (χ4v) is 5.20. The molecule has 0 bridgehead atoms. The van der Waals surface area contributed by atoms with Crippen molar-refractivity contribution in [2.75, 3.05) is 10.2 Å². The Bertz CT molecular complexity index is 1520. The monoisotopic (exact) mass is 510 g/mol. The van der Waals surface area contributed by atoms with Gasteiger partial charge in [0.25, 0.3) is 0 Å². The number of carbonyl (C=O) groups excluding carboxylic acids is 1. The predicted molar refractivity (Wildman–Crippen MR) is 138 cm³/mol. The van der Waals surface area contributed by atoms with E-state index in [9.17, 15) is 9.90 Å². The quantitative estimate of drug-likeness (QED) is 0.251. The molecule has 1 aliphatic rings. The number of nitrogens with one attached hydrogen (secondary N) is 2. The fourth-order valence-electron chi connectivity index (χ4n) is 5.07. The number of carbonyl (C=O) groups is 1. The maximum absolute atomic E-state index is 16.2. The van der Waals surface area contributed by atoms with Crippen LogP contribution < -0.4 is 16.0 Å². The standard InChI is InChI=1S/C27H25ClF2N4O2/c1-14-13-32-24-17(14)5-4-6-18(24)22-20(29)11-21-19(23(22)30)12-27(36,26(2,3)33-21)34(25(31)35)16-9-7-15(28)8-10-16/h4-11,13,32-33,36H,12H2,1-3H3,(H2,31,35)/t27-/m0/s1. The SMILES string of the molecule is Cc1c[nH]c2c(-c3c(F)cc4c(c3F)C[C@@](O)(N(C(N)=O)c3ccc(Cl)cc3)C(C)(C)N4)cccc12. The van der Waals surface area contributed by atoms with Gasteiger partial charge in [-0.1, -0.05) is 29.8 Å². The summed E-state index contributed by atoms with van der Waals surface area (Å²) < 4.78 is 31.6. The first kappa shape index (κ1) is 24.1. The Morgan fingerprint density at radius 1 is 1.17 bits per heavy atom. The highest BCUT2D eigenvalue weighted by Crippen LogP contribution is 2.46. The molecule has 3 aromatic carbocycles. The summed E-state index contributed by atoms with van der Waals surface area (Å²) in [6.45, 7) is 5.17. The molecule has 0 spiro atoms. The molecule has 0 aliphatic carbocycles. The molecule has 0 saturated heterocycles. The molecule has 9 heteroatoms. The molecule has 1 aliphatic heterocycles. The average Bonchev–Trinajstić information content (AvgIpc) is 3.18. The minimum Gasteiger partial charge on any atom is -0.375 e. The third kappa shape index (κ3) is 3.51. The van der Waals surface area contributed by atoms with Gasteiger partial charge in [0.1, 0.15) is 11.6 Å². The summed E-state index contributed by atoms with van der Waals surface area (Å²) in [7, 11) is 0. The van der Waals surface area contributed by atoms with Gasteiger partial charge in [-0.25, -0.2) is 13.6 Å². The molecule has 2 amide bonds. The third-order valence-electron chi connectivity index (χ3n) is 7.06. The van der Waals surface area contributed by atoms with Gasteiger partial charge in [0.2, 0.25) is 0 Å². The highest BCUT2D eigenvalue weighted by atomic mass is 35.5. The van der Waals surface area contributed by atoms with Gasteiger partial charge in [0.05, 0.1) is 16.6 Å². The predicted octanol–water partition coefficient (Wildman–Crippen LogP) is 6.10. The van der Waals surface area contributed by atoms with E-state index in [1.165, 1.54) is 18.2 Å². The van der Waals surface area contributed by atoms with Gasteiger partial charge >= 0.3 is 6.03 Å². The summed E-state index contributed by atoms with van der Waals surface area (Å²) in [5, 5.41) is 16.3. The summed E-state index contributed by atoms with van der Waals surface area (Å²) >= 11 is 6.00. The van der Waals surface area contributed by atoms with Crippen molar-refractivity contribution in [1.29, 1.82) is 0 Å². The Morgan fingerprint density at radius 3 is 2.53 bits per heavy atom. The second-order valence-electron chi connectivity index (χ2n) is 9.67. The van der Waals surface area contributed by atoms with E-state index in [4.69, 9.17) is 17.3 Å². The van der Waals surface area contributed by atoms with Crippen LogP contribution in [-0.2, 0) is 6.42 Å². The van der Waals surface area contributed by atoms with Crippen molar-refractivity contribution in [2.45, 2.75) is 38.5 Å². The van der Waals surface area contributed by atoms with Crippen LogP contribution in [0.3, 0.4) is 0 Å². The molecule has 1 aromatic heterocycles. The maximum Gasteiger partial charge on any atom is 0.321 e. The molecule has 0 unspecified atom stereocenters. The van der Waals surface area contributed by atoms with Crippen LogP contribution in [0.15, 0.2) is 54.7 Å². The number of rotatable bonds is 3. The summed E-state index contributed by atoms with van der Waals surface area (Å²) in [5.74, 6) is -1.57. The normalized spacial score (nSPS) is 18.5. The largest absolute Gasteiger partial charge is 0.375 e. The average molecular weight is 511 g/mol. The number of amides is 2. The number of hydrogen-bond acceptors (Lipinski definition) is 3. The number of aliphatic hydroxyl groups is 1. The highest BCUT2D eigenvalue weighted by Gasteiger charge is 2.54. The van der Waals surface area contributed by atoms with E-state index in [-0.39, 0.29) is 28.9 Å². The molecule has 186 valence electrons. The zero-order valence-corrected chi connectivity index (χ0v) is 20.7. The summed E-state index contributed by atoms with van der Waals surface area (Å²) in [5.41, 5.74) is 4.66. The number of para-hydroxylation sites is 1. The van der Waals surface area contributed by atoms with Gasteiger partial charge in [0.15, 0.2) is 5.72 Å². The first-order valence-electron chi connectivity index (χ1n) is 11.4. The van der Waals surface area contributed by atoms with Gasteiger partial charge in [-0.15, -0.1) is 0 Å². The van der Waals surface area contributed by atoms with E-state index >= 15 is 8.78 Å². The molecule has 0 radical (unpaired) electrons. The summed E-state index contributed by atoms with van der Waals surface area (Å²) in [4.78, 5) is 16.7. The Hall–Kier alpha value is -3.62. The molecular formula is C27H25ClF2N4O2. The number of anilines is 2. The number of hydrogen-bond donors (Lipinski definition) is 4. The van der Waals surface area contributed by atoms with Crippen LogP contribution in [0.25, 0.3) is 22.0 Å². The molecule has 5 N–H and O–H groups in total. The second-order valence-corrected chi connectivity index (χ2v) is 10.1. The number of aromatic nitrogens is 1. The number of aromatic amines is 1. The van der Waals surface area contributed by atoms with E-state index in [1.807, 2.05) is 13.0 Å². The van der Waals surface area contributed by atoms with Gasteiger partial charge in [0, 0.05) is 45.5 Å². The maximum atomic E-state index is 16.2. The molecule has 36 heavy (non-hydrogen) atoms. The fraction of sp³-hybridized carbons (Fsp3) is 0.222. The van der Waals surface area contributed by atoms with E-state index < -0.39 is 28.9 Å². The number of nitrogens with zero attached hydrogens (tertiary/aromatic N) is 1. The lowest BCUT2D eigenvalue weighted by Gasteiger charge is -2.52. The Balaban J connectivity index is 1.70. The zero-order valence-electron chi connectivity index (χ0n) is 19.9. The van der Waals surface area contributed by atoms with Crippen molar-refractivity contribution >= 4 is 39.9 Å². The Labute approximate surface area is 211 Å². The number of primary amides is 1. The van der Waals surface area contributed by atoms with E-state index in [0.717, 1.165) is 15.8 Å². The van der Waals surface area contributed by atoms with Crippen LogP contribution in [0.1, 0.15) is 25.0 Å². The molecule has 6 nitrogen and oxygen atoms in total. The Kier molecular flexibility index (Phi) is 5.50. The van der Waals surface area contributed by atoms with Crippen LogP contribution >= 0.6 is 11.6 Å². The summed E-state index contributed by atoms with van der Waals surface area (Å²) in [6, 6.07) is 11.7. The van der Waals surface area contributed by atoms with E-state index in [1.54, 1.807) is 44.3 Å². The van der Waals surface area contributed by atoms with Crippen LogP contribution in [0.4, 0.5) is 25.0 Å². The van der Waals surface area contributed by atoms with Crippen molar-refractivity contribution in [1.82, 2.24) is 4.98 Å². The number of aryl methyl sites for hydroxylation is 1. The van der Waals surface area contributed by atoms with Gasteiger partial charge in [-0.3, -0.25) is 4.90 Å². The Morgan fingerprint density at radius 2 is 1.86 bits per heavy atom. The number of nitrogens with two attached hydrogens (primary N) is 1. The lowest BCUT2D eigenvalue weighted by molar-refractivity contribution is -0.0120. The van der Waals surface area contributed by atoms with Crippen LogP contribution in [-0.4, -0.2) is 27.4 Å². The topological polar surface area (TPSA) is 94.4 Å². The first-order chi connectivity index (χ1) is 16.9. The minimum absolute atomic E-state index is 0.0359. The molecule has 0 saturated carbocycles. The van der Waals surface area contributed by atoms with Crippen LogP contribution in [0, 0.1) is 18.6 Å². The van der Waals surface area contributed by atoms with Crippen molar-refractivity contribution in [3.8, 4) is 11.1 Å². The number of halogens is 3. The van der Waals surface area contributed by atoms with Gasteiger partial charge in [-0.05, 0) is 56.7 Å². The van der Waals surface area contributed by atoms with Crippen molar-refractivity contribution < 1.29 is 18.7 Å². The molecule has 5 rings (SSSR count). The number of fused-ring (bicyclic) bond motifs is 2. The lowest BCUT2D eigenvalue weighted by atomic mass is 9.78. The van der Waals surface area contributed by atoms with Crippen LogP contribution in [0.2, 0.25) is 5.02 Å². The van der Waals surface area contributed by atoms with Crippen molar-refractivity contribution in [2.24, 2.45) is 5.73 Å². The molecule has 2 heterocycles. The van der Waals surface area contributed by atoms with Crippen LogP contribution in [0.5, 0.6) is 0 Å². The third-order valence-corrected chi connectivity index (χ3v) is 7.31. The number of benzene rings is 3. The zero-order chi connectivity index (χ0) is 26.0. The first-order valence-corrected chi connectivity index (χ1v) is 11.8.